The average molecular weight is 383 g/mol. The molecular formula is C22H27N2O4+. The van der Waals surface area contributed by atoms with E-state index in [1.807, 2.05) is 30.3 Å². The molecule has 0 bridgehead atoms. The van der Waals surface area contributed by atoms with Gasteiger partial charge in [0.15, 0.2) is 11.5 Å². The summed E-state index contributed by atoms with van der Waals surface area (Å²) in [5.74, 6) is 1.82. The van der Waals surface area contributed by atoms with Gasteiger partial charge in [0.1, 0.15) is 12.6 Å². The van der Waals surface area contributed by atoms with Crippen LogP contribution in [0.2, 0.25) is 0 Å². The zero-order chi connectivity index (χ0) is 19.7. The number of nitrogens with one attached hydrogen (secondary N) is 1. The lowest BCUT2D eigenvalue weighted by Gasteiger charge is -2.57. The molecule has 2 heterocycles. The second-order valence-electron chi connectivity index (χ2n) is 7.84. The highest BCUT2D eigenvalue weighted by atomic mass is 16.5. The van der Waals surface area contributed by atoms with Crippen molar-refractivity contribution in [2.45, 2.75) is 12.5 Å². The maximum atomic E-state index is 12.2. The van der Waals surface area contributed by atoms with Gasteiger partial charge in [-0.2, -0.15) is 0 Å². The van der Waals surface area contributed by atoms with Crippen LogP contribution >= 0.6 is 0 Å². The zero-order valence-electron chi connectivity index (χ0n) is 16.6. The lowest BCUT2D eigenvalue weighted by atomic mass is 9.75. The zero-order valence-corrected chi connectivity index (χ0v) is 16.6. The van der Waals surface area contributed by atoms with Crippen LogP contribution in [0, 0.1) is 5.92 Å². The van der Waals surface area contributed by atoms with Gasteiger partial charge in [-0.3, -0.25) is 5.32 Å². The van der Waals surface area contributed by atoms with Crippen LogP contribution in [0.4, 0.5) is 10.5 Å². The fraction of sp³-hybridized carbons (Fsp3) is 0.409. The van der Waals surface area contributed by atoms with Crippen molar-refractivity contribution >= 4 is 11.8 Å². The van der Waals surface area contributed by atoms with Gasteiger partial charge in [0.05, 0.1) is 40.3 Å². The van der Waals surface area contributed by atoms with E-state index in [9.17, 15) is 4.79 Å². The van der Waals surface area contributed by atoms with Crippen molar-refractivity contribution < 1.29 is 23.5 Å². The molecule has 0 unspecified atom stereocenters. The molecular weight excluding hydrogens is 356 g/mol. The van der Waals surface area contributed by atoms with Crippen molar-refractivity contribution in [2.24, 2.45) is 5.92 Å². The summed E-state index contributed by atoms with van der Waals surface area (Å²) in [5.41, 5.74) is 3.33. The van der Waals surface area contributed by atoms with E-state index < -0.39 is 6.09 Å². The summed E-state index contributed by atoms with van der Waals surface area (Å²) in [7, 11) is 5.61. The molecule has 1 amide bonds. The van der Waals surface area contributed by atoms with Crippen molar-refractivity contribution in [1.29, 1.82) is 0 Å². The Balaban J connectivity index is 1.47. The van der Waals surface area contributed by atoms with Crippen LogP contribution in [0.25, 0.3) is 0 Å². The van der Waals surface area contributed by atoms with Gasteiger partial charge in [-0.25, -0.2) is 4.79 Å². The van der Waals surface area contributed by atoms with Gasteiger partial charge in [-0.15, -0.1) is 0 Å². The quantitative estimate of drug-likeness (QED) is 0.801. The summed E-state index contributed by atoms with van der Waals surface area (Å²) in [6.07, 6.45) is 0.612. The number of ether oxygens (including phenoxy) is 3. The highest BCUT2D eigenvalue weighted by Crippen LogP contribution is 2.50. The summed E-state index contributed by atoms with van der Waals surface area (Å²) in [4.78, 5) is 12.2. The summed E-state index contributed by atoms with van der Waals surface area (Å²) in [5, 5.41) is 2.78. The van der Waals surface area contributed by atoms with Gasteiger partial charge < -0.3 is 18.7 Å². The average Bonchev–Trinajstić information content (AvgIpc) is 2.69. The van der Waals surface area contributed by atoms with Crippen molar-refractivity contribution in [3.8, 4) is 11.5 Å². The normalized spacial score (nSPS) is 25.0. The van der Waals surface area contributed by atoms with Gasteiger partial charge in [0.25, 0.3) is 0 Å². The number of quaternary nitrogens is 1. The number of rotatable bonds is 5. The molecule has 2 aromatic carbocycles. The number of nitrogens with zero attached hydrogens (tertiary/aromatic N) is 1. The fourth-order valence-electron chi connectivity index (χ4n) is 4.75. The van der Waals surface area contributed by atoms with Gasteiger partial charge >= 0.3 is 6.09 Å². The molecule has 0 saturated carbocycles. The Morgan fingerprint density at radius 1 is 1.14 bits per heavy atom. The Kier molecular flexibility index (Phi) is 4.89. The predicted octanol–water partition coefficient (Wildman–Crippen LogP) is 3.63. The molecule has 2 aliphatic heterocycles. The largest absolute Gasteiger partial charge is 0.493 e. The molecule has 6 nitrogen and oxygen atoms in total. The van der Waals surface area contributed by atoms with Crippen LogP contribution in [0.15, 0.2) is 42.5 Å². The second-order valence-corrected chi connectivity index (χ2v) is 7.84. The molecule has 0 radical (unpaired) electrons. The maximum Gasteiger partial charge on any atom is 0.411 e. The number of amides is 1. The first-order valence-corrected chi connectivity index (χ1v) is 9.62. The van der Waals surface area contributed by atoms with E-state index in [0.717, 1.165) is 41.2 Å². The topological polar surface area (TPSA) is 56.8 Å². The first-order valence-electron chi connectivity index (χ1n) is 9.62. The van der Waals surface area contributed by atoms with E-state index in [4.69, 9.17) is 14.2 Å². The SMILES string of the molecule is COc1cc2c(cc1OC)[C@H]1[C@@H](COC(=O)Nc3ccccc3)C[N@@+]1(C)CC2. The number of anilines is 1. The molecule has 3 atom stereocenters. The number of methoxy groups -OCH3 is 2. The third-order valence-corrected chi connectivity index (χ3v) is 6.07. The fourth-order valence-corrected chi connectivity index (χ4v) is 4.75. The van der Waals surface area contributed by atoms with Crippen LogP contribution < -0.4 is 14.8 Å². The highest BCUT2D eigenvalue weighted by molar-refractivity contribution is 5.84. The summed E-state index contributed by atoms with van der Waals surface area (Å²) >= 11 is 0. The molecule has 0 spiro atoms. The third-order valence-electron chi connectivity index (χ3n) is 6.07. The van der Waals surface area contributed by atoms with Crippen molar-refractivity contribution in [1.82, 2.24) is 0 Å². The number of carbonyl (C=O) groups excluding carboxylic acids is 1. The first kappa shape index (κ1) is 18.6. The number of likely N-dealkylation sites (N-methyl/N-ethyl adjacent to an activating group) is 1. The number of fused-ring (bicyclic) bond motifs is 3. The molecule has 1 fully saturated rings. The Morgan fingerprint density at radius 3 is 2.57 bits per heavy atom. The number of benzene rings is 2. The molecule has 148 valence electrons. The standard InChI is InChI=1S/C22H26N2O4/c1-24-10-9-15-11-19(26-2)20(27-3)12-18(15)21(24)16(13-24)14-28-22(25)23-17-7-5-4-6-8-17/h4-8,11-12,16,21H,9-10,13-14H2,1-3H3/p+1/t16-,21-,24-/m1/s1. The highest BCUT2D eigenvalue weighted by Gasteiger charge is 2.55. The summed E-state index contributed by atoms with van der Waals surface area (Å²) < 4.78 is 17.5. The monoisotopic (exact) mass is 383 g/mol. The van der Waals surface area contributed by atoms with E-state index in [1.165, 1.54) is 11.1 Å². The molecule has 1 saturated heterocycles. The van der Waals surface area contributed by atoms with E-state index >= 15 is 0 Å². The van der Waals surface area contributed by atoms with Crippen LogP contribution in [0.3, 0.4) is 0 Å². The second kappa shape index (κ2) is 7.36. The Morgan fingerprint density at radius 2 is 1.86 bits per heavy atom. The smallest absolute Gasteiger partial charge is 0.411 e. The van der Waals surface area contributed by atoms with Crippen molar-refractivity contribution in [3.63, 3.8) is 0 Å². The number of hydrogen-bond acceptors (Lipinski definition) is 4. The summed E-state index contributed by atoms with van der Waals surface area (Å²) in [6, 6.07) is 13.9. The van der Waals surface area contributed by atoms with E-state index in [0.29, 0.717) is 18.6 Å². The van der Waals surface area contributed by atoms with Crippen LogP contribution in [0.1, 0.15) is 17.2 Å². The lowest BCUT2D eigenvalue weighted by molar-refractivity contribution is -0.992. The van der Waals surface area contributed by atoms with E-state index in [2.05, 4.69) is 24.5 Å². The molecule has 0 aromatic heterocycles. The Hall–Kier alpha value is -2.73. The number of carbonyl (C=O) groups is 1. The lowest BCUT2D eigenvalue weighted by Crippen LogP contribution is -2.66. The van der Waals surface area contributed by atoms with E-state index in [-0.39, 0.29) is 0 Å². The van der Waals surface area contributed by atoms with Crippen molar-refractivity contribution in [2.75, 3.05) is 46.3 Å². The minimum absolute atomic E-state index is 0.295. The van der Waals surface area contributed by atoms with Crippen LogP contribution in [-0.2, 0) is 11.2 Å². The van der Waals surface area contributed by atoms with E-state index in [1.54, 1.807) is 14.2 Å². The van der Waals surface area contributed by atoms with Crippen LogP contribution in [0.5, 0.6) is 11.5 Å². The number of hydrogen-bond donors (Lipinski definition) is 1. The molecule has 28 heavy (non-hydrogen) atoms. The van der Waals surface area contributed by atoms with Gasteiger partial charge in [-0.05, 0) is 29.8 Å². The minimum Gasteiger partial charge on any atom is -0.493 e. The molecule has 1 N–H and O–H groups in total. The molecule has 6 heteroatoms. The molecule has 0 aliphatic carbocycles. The summed E-state index contributed by atoms with van der Waals surface area (Å²) in [6.45, 7) is 2.50. The number of para-hydroxylation sites is 1. The first-order chi connectivity index (χ1) is 13.5. The third kappa shape index (κ3) is 3.29. The maximum absolute atomic E-state index is 12.2. The molecule has 2 aromatic rings. The van der Waals surface area contributed by atoms with Crippen molar-refractivity contribution in [3.05, 3.63) is 53.6 Å². The predicted molar refractivity (Wildman–Crippen MR) is 107 cm³/mol. The molecule has 2 aliphatic rings. The minimum atomic E-state index is -0.407. The molecule has 4 rings (SSSR count). The van der Waals surface area contributed by atoms with Gasteiger partial charge in [0, 0.05) is 17.7 Å². The van der Waals surface area contributed by atoms with Gasteiger partial charge in [0.2, 0.25) is 0 Å². The van der Waals surface area contributed by atoms with Crippen LogP contribution in [-0.4, -0.2) is 51.5 Å². The Labute approximate surface area is 165 Å². The Bertz CT molecular complexity index is 870. The van der Waals surface area contributed by atoms with Gasteiger partial charge in [-0.1, -0.05) is 18.2 Å².